The van der Waals surface area contributed by atoms with Gasteiger partial charge in [0, 0.05) is 54.0 Å². The summed E-state index contributed by atoms with van der Waals surface area (Å²) in [6.45, 7) is 4.37. The molecule has 1 aromatic rings. The zero-order valence-electron chi connectivity index (χ0n) is 16.6. The fourth-order valence-electron chi connectivity index (χ4n) is 4.72. The summed E-state index contributed by atoms with van der Waals surface area (Å²) in [5.74, 6) is -1.93. The van der Waals surface area contributed by atoms with Gasteiger partial charge in [0.15, 0.2) is 0 Å². The summed E-state index contributed by atoms with van der Waals surface area (Å²) in [6.07, 6.45) is 4.70. The molecule has 160 valence electrons. The fourth-order valence-corrected chi connectivity index (χ4v) is 6.24. The number of carbonyl (C=O) groups excluding carboxylic acids is 1. The number of nitrogens with one attached hydrogen (secondary N) is 1. The number of halogens is 1. The lowest BCUT2D eigenvalue weighted by molar-refractivity contribution is -0.163. The molecule has 6 atom stereocenters. The van der Waals surface area contributed by atoms with Crippen molar-refractivity contribution in [1.82, 2.24) is 19.8 Å². The number of β-lactam (4-membered cyclic amide) rings is 1. The number of carboxylic acid groups (broad SMARTS) is 1. The summed E-state index contributed by atoms with van der Waals surface area (Å²) >= 11 is 1.58. The number of nitrogens with zero attached hydrogens (tertiary/aromatic N) is 3. The highest BCUT2D eigenvalue weighted by atomic mass is 35.5. The van der Waals surface area contributed by atoms with Crippen molar-refractivity contribution in [3.63, 3.8) is 0 Å². The predicted octanol–water partition coefficient (Wildman–Crippen LogP) is 1.00. The van der Waals surface area contributed by atoms with E-state index >= 15 is 0 Å². The lowest BCUT2D eigenvalue weighted by Gasteiger charge is -2.46. The number of aliphatic hydroxyl groups excluding tert-OH is 1. The Kier molecular flexibility index (Phi) is 6.33. The average Bonchev–Trinajstić information content (AvgIpc) is 3.28. The number of aliphatic hydroxyl groups is 1. The predicted molar refractivity (Wildman–Crippen MR) is 112 cm³/mol. The van der Waals surface area contributed by atoms with Gasteiger partial charge in [0.25, 0.3) is 0 Å². The van der Waals surface area contributed by atoms with E-state index < -0.39 is 18.0 Å². The normalized spacial score (nSPS) is 32.1. The quantitative estimate of drug-likeness (QED) is 0.564. The van der Waals surface area contributed by atoms with E-state index in [9.17, 15) is 19.8 Å². The number of hydrogen-bond acceptors (Lipinski definition) is 6. The molecule has 3 aliphatic rings. The Hall–Kier alpha value is -1.55. The molecule has 2 fully saturated rings. The second-order valence-corrected chi connectivity index (χ2v) is 9.39. The number of imidazole rings is 1. The molecule has 0 spiro atoms. The van der Waals surface area contributed by atoms with Crippen LogP contribution in [0.25, 0.3) is 0 Å². The fraction of sp³-hybridized carbons (Fsp3) is 0.632. The van der Waals surface area contributed by atoms with Crippen LogP contribution >= 0.6 is 24.2 Å². The number of aromatic nitrogens is 2. The van der Waals surface area contributed by atoms with Gasteiger partial charge in [-0.2, -0.15) is 0 Å². The largest absolute Gasteiger partial charge is 0.477 e. The van der Waals surface area contributed by atoms with Crippen LogP contribution in [0.2, 0.25) is 0 Å². The van der Waals surface area contributed by atoms with Crippen LogP contribution in [0, 0.1) is 11.8 Å². The number of carbonyl (C=O) groups is 2. The van der Waals surface area contributed by atoms with E-state index in [0.29, 0.717) is 6.04 Å². The molecule has 0 saturated carbocycles. The summed E-state index contributed by atoms with van der Waals surface area (Å²) in [5.41, 5.74) is 1.27. The minimum atomic E-state index is -1.06. The summed E-state index contributed by atoms with van der Waals surface area (Å²) < 4.78 is 2.01. The molecule has 1 aromatic heterocycles. The lowest BCUT2D eigenvalue weighted by Crippen LogP contribution is -2.63. The van der Waals surface area contributed by atoms with Crippen molar-refractivity contribution in [3.05, 3.63) is 28.8 Å². The number of amides is 1. The molecule has 0 bridgehead atoms. The Labute approximate surface area is 180 Å². The van der Waals surface area contributed by atoms with E-state index in [-0.39, 0.29) is 41.2 Å². The molecule has 4 heterocycles. The molecule has 0 radical (unpaired) electrons. The molecule has 0 aromatic carbocycles. The number of thioether (sulfide) groups is 1. The third-order valence-electron chi connectivity index (χ3n) is 6.16. The standard InChI is InChI=1S/C19H26N4O4S.ClH/c1-9-15-14(10(2)24)18(25)23(15)16(19(26)27)17(9)28-13-5-11(21-7-13)4-12-6-20-8-22(12)3;/h6,8-11,13-15,21,24H,4-5,7H2,1-3H3,(H,26,27);1H/t9-,10-,11+,13+,14-,15-;/m1./s1. The van der Waals surface area contributed by atoms with Crippen LogP contribution in [0.4, 0.5) is 0 Å². The maximum Gasteiger partial charge on any atom is 0.353 e. The van der Waals surface area contributed by atoms with E-state index in [4.69, 9.17) is 0 Å². The first-order valence-corrected chi connectivity index (χ1v) is 10.5. The van der Waals surface area contributed by atoms with E-state index in [1.807, 2.05) is 24.7 Å². The van der Waals surface area contributed by atoms with E-state index in [1.54, 1.807) is 25.0 Å². The van der Waals surface area contributed by atoms with Crippen LogP contribution in [0.5, 0.6) is 0 Å². The van der Waals surface area contributed by atoms with Gasteiger partial charge >= 0.3 is 5.97 Å². The number of fused-ring (bicyclic) bond motifs is 1. The molecule has 10 heteroatoms. The van der Waals surface area contributed by atoms with Crippen molar-refractivity contribution in [2.45, 2.75) is 50.1 Å². The van der Waals surface area contributed by atoms with Crippen LogP contribution in [-0.2, 0) is 23.1 Å². The Morgan fingerprint density at radius 1 is 1.48 bits per heavy atom. The molecule has 4 rings (SSSR count). The maximum atomic E-state index is 12.4. The van der Waals surface area contributed by atoms with Crippen molar-refractivity contribution in [2.75, 3.05) is 6.54 Å². The summed E-state index contributed by atoms with van der Waals surface area (Å²) in [6, 6.07) is 0.0723. The smallest absolute Gasteiger partial charge is 0.353 e. The topological polar surface area (TPSA) is 108 Å². The molecule has 0 aliphatic carbocycles. The zero-order valence-corrected chi connectivity index (χ0v) is 18.2. The summed E-state index contributed by atoms with van der Waals surface area (Å²) in [7, 11) is 1.98. The number of aliphatic carboxylic acids is 1. The Morgan fingerprint density at radius 3 is 2.79 bits per heavy atom. The maximum absolute atomic E-state index is 12.4. The Morgan fingerprint density at radius 2 is 2.21 bits per heavy atom. The third kappa shape index (κ3) is 3.69. The van der Waals surface area contributed by atoms with Crippen LogP contribution in [-0.4, -0.2) is 66.5 Å². The lowest BCUT2D eigenvalue weighted by atomic mass is 9.79. The van der Waals surface area contributed by atoms with Gasteiger partial charge in [-0.05, 0) is 13.3 Å². The van der Waals surface area contributed by atoms with Crippen molar-refractivity contribution in [1.29, 1.82) is 0 Å². The zero-order chi connectivity index (χ0) is 20.2. The summed E-state index contributed by atoms with van der Waals surface area (Å²) in [5, 5.41) is 23.5. The number of aryl methyl sites for hydroxylation is 1. The first-order chi connectivity index (χ1) is 13.3. The van der Waals surface area contributed by atoms with Gasteiger partial charge < -0.3 is 25.0 Å². The Bertz CT molecular complexity index is 842. The van der Waals surface area contributed by atoms with Gasteiger partial charge in [-0.25, -0.2) is 9.78 Å². The van der Waals surface area contributed by atoms with Gasteiger partial charge in [0.05, 0.1) is 24.4 Å². The molecule has 2 saturated heterocycles. The van der Waals surface area contributed by atoms with Crippen molar-refractivity contribution in [3.8, 4) is 0 Å². The van der Waals surface area contributed by atoms with Crippen LogP contribution in [0.1, 0.15) is 26.0 Å². The van der Waals surface area contributed by atoms with Gasteiger partial charge in [0.2, 0.25) is 5.91 Å². The summed E-state index contributed by atoms with van der Waals surface area (Å²) in [4.78, 5) is 30.6. The van der Waals surface area contributed by atoms with Crippen molar-refractivity contribution < 1.29 is 19.8 Å². The van der Waals surface area contributed by atoms with Crippen LogP contribution in [0.15, 0.2) is 23.1 Å². The van der Waals surface area contributed by atoms with E-state index in [2.05, 4.69) is 10.3 Å². The minimum Gasteiger partial charge on any atom is -0.477 e. The average molecular weight is 443 g/mol. The first-order valence-electron chi connectivity index (χ1n) is 9.63. The molecular weight excluding hydrogens is 416 g/mol. The molecular formula is C19H27ClN4O4S. The molecule has 3 N–H and O–H groups in total. The highest BCUT2D eigenvalue weighted by Gasteiger charge is 2.60. The first kappa shape index (κ1) is 22.1. The second kappa shape index (κ2) is 8.29. The van der Waals surface area contributed by atoms with Crippen LogP contribution < -0.4 is 5.32 Å². The van der Waals surface area contributed by atoms with Crippen LogP contribution in [0.3, 0.4) is 0 Å². The molecule has 1 amide bonds. The van der Waals surface area contributed by atoms with Gasteiger partial charge in [0.1, 0.15) is 5.70 Å². The van der Waals surface area contributed by atoms with Gasteiger partial charge in [-0.15, -0.1) is 24.2 Å². The third-order valence-corrected chi connectivity index (χ3v) is 7.67. The van der Waals surface area contributed by atoms with Gasteiger partial charge in [-0.1, -0.05) is 6.92 Å². The molecule has 8 nitrogen and oxygen atoms in total. The number of carboxylic acids is 1. The van der Waals surface area contributed by atoms with E-state index in [1.165, 1.54) is 4.90 Å². The monoisotopic (exact) mass is 442 g/mol. The second-order valence-electron chi connectivity index (χ2n) is 8.05. The highest BCUT2D eigenvalue weighted by molar-refractivity contribution is 8.03. The van der Waals surface area contributed by atoms with Crippen molar-refractivity contribution >= 4 is 36.0 Å². The van der Waals surface area contributed by atoms with Crippen molar-refractivity contribution in [2.24, 2.45) is 18.9 Å². The molecule has 3 aliphatic heterocycles. The SMILES string of the molecule is C[C@@H](O)[C@H]1C(=O)N2C(C(=O)O)=C(S[C@@H]3CN[C@@H](Cc4cncn4C)C3)[C@H](C)[C@H]12.Cl. The molecule has 29 heavy (non-hydrogen) atoms. The number of hydrogen-bond donors (Lipinski definition) is 3. The van der Waals surface area contributed by atoms with Gasteiger partial charge in [-0.3, -0.25) is 4.79 Å². The minimum absolute atomic E-state index is 0. The molecule has 0 unspecified atom stereocenters. The van der Waals surface area contributed by atoms with E-state index in [0.717, 1.165) is 30.0 Å². The number of rotatable bonds is 6. The Balaban J connectivity index is 0.00000240. The highest BCUT2D eigenvalue weighted by Crippen LogP contribution is 2.51.